The first-order valence-electron chi connectivity index (χ1n) is 9.87. The molecule has 3 aromatic rings. The zero-order valence-corrected chi connectivity index (χ0v) is 18.5. The normalized spacial score (nSPS) is 10.9. The van der Waals surface area contributed by atoms with Gasteiger partial charge in [-0.15, -0.1) is 0 Å². The highest BCUT2D eigenvalue weighted by Crippen LogP contribution is 2.29. The van der Waals surface area contributed by atoms with Gasteiger partial charge in [0.2, 0.25) is 0 Å². The Labute approximate surface area is 184 Å². The Balaban J connectivity index is 1.59. The van der Waals surface area contributed by atoms with Crippen LogP contribution < -0.4 is 14.4 Å². The number of carbonyl (C=O) groups is 2. The van der Waals surface area contributed by atoms with Crippen LogP contribution >= 0.6 is 11.3 Å². The minimum absolute atomic E-state index is 0.328. The van der Waals surface area contributed by atoms with E-state index < -0.39 is 5.97 Å². The molecule has 0 aliphatic heterocycles. The van der Waals surface area contributed by atoms with Crippen molar-refractivity contribution in [3.63, 3.8) is 0 Å². The first-order chi connectivity index (χ1) is 15.0. The molecule has 0 aliphatic carbocycles. The zero-order chi connectivity index (χ0) is 22.2. The molecule has 1 amide bonds. The van der Waals surface area contributed by atoms with Crippen molar-refractivity contribution in [3.05, 3.63) is 54.1 Å². The van der Waals surface area contributed by atoms with Crippen LogP contribution in [0, 0.1) is 0 Å². The van der Waals surface area contributed by atoms with Gasteiger partial charge in [0.1, 0.15) is 0 Å². The molecule has 0 N–H and O–H groups in total. The Kier molecular flexibility index (Phi) is 7.61. The van der Waals surface area contributed by atoms with Gasteiger partial charge in [-0.25, -0.2) is 9.78 Å². The minimum Gasteiger partial charge on any atom is -0.493 e. The van der Waals surface area contributed by atoms with E-state index in [-0.39, 0.29) is 12.5 Å². The van der Waals surface area contributed by atoms with Crippen LogP contribution in [0.5, 0.6) is 11.5 Å². The number of aromatic nitrogens is 1. The fourth-order valence-corrected chi connectivity index (χ4v) is 3.93. The van der Waals surface area contributed by atoms with E-state index in [0.717, 1.165) is 15.8 Å². The summed E-state index contributed by atoms with van der Waals surface area (Å²) in [5.74, 6) is 0.263. The maximum Gasteiger partial charge on any atom is 0.331 e. The summed E-state index contributed by atoms with van der Waals surface area (Å²) >= 11 is 1.43. The Morgan fingerprint density at radius 1 is 1.13 bits per heavy atom. The molecule has 2 aromatic carbocycles. The number of anilines is 1. The van der Waals surface area contributed by atoms with Crippen LogP contribution in [0.15, 0.2) is 48.5 Å². The fraction of sp³-hybridized carbons (Fsp3) is 0.261. The smallest absolute Gasteiger partial charge is 0.331 e. The number of fused-ring (bicyclic) bond motifs is 1. The number of nitrogens with zero attached hydrogens (tertiary/aromatic N) is 2. The van der Waals surface area contributed by atoms with Crippen molar-refractivity contribution >= 4 is 44.6 Å². The lowest BCUT2D eigenvalue weighted by Gasteiger charge is -2.17. The van der Waals surface area contributed by atoms with Crippen molar-refractivity contribution in [3.8, 4) is 11.5 Å². The van der Waals surface area contributed by atoms with Gasteiger partial charge in [-0.3, -0.25) is 9.69 Å². The van der Waals surface area contributed by atoms with Crippen molar-refractivity contribution in [1.82, 2.24) is 4.98 Å². The predicted octanol–water partition coefficient (Wildman–Crippen LogP) is 4.31. The number of esters is 1. The molecule has 0 radical (unpaired) electrons. The van der Waals surface area contributed by atoms with Crippen LogP contribution in [0.1, 0.15) is 19.4 Å². The van der Waals surface area contributed by atoms with Crippen LogP contribution in [-0.4, -0.2) is 43.7 Å². The number of benzene rings is 2. The number of amides is 1. The van der Waals surface area contributed by atoms with Crippen LogP contribution in [-0.2, 0) is 14.3 Å². The molecule has 1 aromatic heterocycles. The molecule has 8 heteroatoms. The number of methoxy groups -OCH3 is 1. The van der Waals surface area contributed by atoms with E-state index in [0.29, 0.717) is 29.8 Å². The molecule has 0 spiro atoms. The molecule has 31 heavy (non-hydrogen) atoms. The van der Waals surface area contributed by atoms with Gasteiger partial charge in [0.25, 0.3) is 5.91 Å². The van der Waals surface area contributed by atoms with Crippen molar-refractivity contribution in [1.29, 1.82) is 0 Å². The lowest BCUT2D eigenvalue weighted by atomic mass is 10.2. The topological polar surface area (TPSA) is 78.0 Å². The summed E-state index contributed by atoms with van der Waals surface area (Å²) in [5, 5.41) is 0.585. The van der Waals surface area contributed by atoms with E-state index in [4.69, 9.17) is 14.2 Å². The number of thiazole rings is 1. The predicted molar refractivity (Wildman–Crippen MR) is 122 cm³/mol. The standard InChI is InChI=1S/C23H24N2O5S/c1-4-25(23-24-17-8-6-7-9-20(17)31-23)21(26)15-30-22(27)13-11-16-10-12-18(29-5-2)19(14-16)28-3/h6-14H,4-5,15H2,1-3H3/b13-11+. The number of carbonyl (C=O) groups excluding carboxylic acids is 2. The second kappa shape index (κ2) is 10.6. The molecule has 0 saturated heterocycles. The average molecular weight is 441 g/mol. The van der Waals surface area contributed by atoms with Crippen molar-refractivity contribution in [2.45, 2.75) is 13.8 Å². The number of rotatable bonds is 9. The van der Waals surface area contributed by atoms with E-state index in [2.05, 4.69) is 4.98 Å². The third-order valence-electron chi connectivity index (χ3n) is 4.37. The highest BCUT2D eigenvalue weighted by atomic mass is 32.1. The van der Waals surface area contributed by atoms with Crippen molar-refractivity contribution < 1.29 is 23.8 Å². The Morgan fingerprint density at radius 3 is 2.65 bits per heavy atom. The molecule has 7 nitrogen and oxygen atoms in total. The maximum absolute atomic E-state index is 12.6. The van der Waals surface area contributed by atoms with Crippen LogP contribution in [0.2, 0.25) is 0 Å². The molecule has 162 valence electrons. The molecule has 0 fully saturated rings. The molecule has 0 atom stereocenters. The molecule has 3 rings (SSSR count). The number of hydrogen-bond donors (Lipinski definition) is 0. The van der Waals surface area contributed by atoms with Gasteiger partial charge < -0.3 is 14.2 Å². The quantitative estimate of drug-likeness (QED) is 0.364. The Hall–Kier alpha value is -3.39. The molecular weight excluding hydrogens is 416 g/mol. The van der Waals surface area contributed by atoms with Gasteiger partial charge in [0, 0.05) is 12.6 Å². The Morgan fingerprint density at radius 2 is 1.94 bits per heavy atom. The number of ether oxygens (including phenoxy) is 3. The third-order valence-corrected chi connectivity index (χ3v) is 5.43. The molecule has 0 unspecified atom stereocenters. The van der Waals surface area contributed by atoms with Crippen molar-refractivity contribution in [2.24, 2.45) is 0 Å². The van der Waals surface area contributed by atoms with Crippen LogP contribution in [0.3, 0.4) is 0 Å². The van der Waals surface area contributed by atoms with E-state index in [1.54, 1.807) is 31.4 Å². The highest BCUT2D eigenvalue weighted by Gasteiger charge is 2.19. The molecule has 0 bridgehead atoms. The number of likely N-dealkylation sites (N-methyl/N-ethyl adjacent to an activating group) is 1. The highest BCUT2D eigenvalue weighted by molar-refractivity contribution is 7.22. The van der Waals surface area contributed by atoms with E-state index >= 15 is 0 Å². The average Bonchev–Trinajstić information content (AvgIpc) is 3.21. The minimum atomic E-state index is -0.610. The summed E-state index contributed by atoms with van der Waals surface area (Å²) in [6.45, 7) is 4.33. The number of hydrogen-bond acceptors (Lipinski definition) is 7. The monoisotopic (exact) mass is 440 g/mol. The first-order valence-corrected chi connectivity index (χ1v) is 10.7. The lowest BCUT2D eigenvalue weighted by molar-refractivity contribution is -0.142. The van der Waals surface area contributed by atoms with E-state index in [1.165, 1.54) is 22.3 Å². The summed E-state index contributed by atoms with van der Waals surface area (Å²) in [7, 11) is 1.55. The third kappa shape index (κ3) is 5.61. The van der Waals surface area contributed by atoms with Gasteiger partial charge in [-0.1, -0.05) is 29.5 Å². The largest absolute Gasteiger partial charge is 0.493 e. The summed E-state index contributed by atoms with van der Waals surface area (Å²) in [6, 6.07) is 13.0. The Bertz CT molecular complexity index is 1060. The van der Waals surface area contributed by atoms with E-state index in [9.17, 15) is 9.59 Å². The number of para-hydroxylation sites is 1. The summed E-state index contributed by atoms with van der Waals surface area (Å²) in [5.41, 5.74) is 1.58. The van der Waals surface area contributed by atoms with Gasteiger partial charge in [-0.05, 0) is 49.8 Å². The molecule has 0 aliphatic rings. The van der Waals surface area contributed by atoms with Gasteiger partial charge in [0.15, 0.2) is 23.2 Å². The molecular formula is C23H24N2O5S. The molecule has 1 heterocycles. The zero-order valence-electron chi connectivity index (χ0n) is 17.7. The first kappa shape index (κ1) is 22.3. The lowest BCUT2D eigenvalue weighted by Crippen LogP contribution is -2.34. The van der Waals surface area contributed by atoms with Gasteiger partial charge in [0.05, 0.1) is 23.9 Å². The SMILES string of the molecule is CCOc1ccc(/C=C/C(=O)OCC(=O)N(CC)c2nc3ccccc3s2)cc1OC. The second-order valence-corrected chi connectivity index (χ2v) is 7.40. The molecule has 0 saturated carbocycles. The van der Waals surface area contributed by atoms with Gasteiger partial charge in [-0.2, -0.15) is 0 Å². The van der Waals surface area contributed by atoms with Gasteiger partial charge >= 0.3 is 5.97 Å². The fourth-order valence-electron chi connectivity index (χ4n) is 2.88. The summed E-state index contributed by atoms with van der Waals surface area (Å²) in [4.78, 5) is 30.7. The van der Waals surface area contributed by atoms with Crippen molar-refractivity contribution in [2.75, 3.05) is 31.8 Å². The summed E-state index contributed by atoms with van der Waals surface area (Å²) in [6.07, 6.45) is 2.87. The second-order valence-electron chi connectivity index (χ2n) is 6.39. The summed E-state index contributed by atoms with van der Waals surface area (Å²) < 4.78 is 16.9. The van der Waals surface area contributed by atoms with Crippen LogP contribution in [0.25, 0.3) is 16.3 Å². The van der Waals surface area contributed by atoms with Crippen LogP contribution in [0.4, 0.5) is 5.13 Å². The van der Waals surface area contributed by atoms with E-state index in [1.807, 2.05) is 38.1 Å². The maximum atomic E-state index is 12.6.